The smallest absolute Gasteiger partial charge is 0.0726 e. The Hall–Kier alpha value is -0.353. The van der Waals surface area contributed by atoms with Crippen molar-refractivity contribution in [3.8, 4) is 0 Å². The molecule has 0 spiro atoms. The molecule has 1 unspecified atom stereocenters. The minimum absolute atomic E-state index is 0.822. The minimum Gasteiger partial charge on any atom is -0.0863 e. The lowest BCUT2D eigenvalue weighted by molar-refractivity contribution is 0.842. The first-order chi connectivity index (χ1) is 10.8. The van der Waals surface area contributed by atoms with Crippen LogP contribution in [0.1, 0.15) is 45.7 Å². The van der Waals surface area contributed by atoms with E-state index in [1.54, 1.807) is 0 Å². The molecule has 0 fully saturated rings. The summed E-state index contributed by atoms with van der Waals surface area (Å²) in [5, 5.41) is 2.75. The maximum Gasteiger partial charge on any atom is 0.0726 e. The van der Waals surface area contributed by atoms with E-state index in [2.05, 4.69) is 101 Å². The molecule has 2 rings (SSSR count). The van der Waals surface area contributed by atoms with Crippen molar-refractivity contribution in [3.05, 3.63) is 47.5 Å². The van der Waals surface area contributed by atoms with Crippen molar-refractivity contribution < 1.29 is 0 Å². The van der Waals surface area contributed by atoms with Gasteiger partial charge in [0, 0.05) is 3.55 Å². The molecule has 126 valence electrons. The van der Waals surface area contributed by atoms with Crippen molar-refractivity contribution in [1.29, 1.82) is 0 Å². The summed E-state index contributed by atoms with van der Waals surface area (Å²) in [5.41, 5.74) is 4.54. The van der Waals surface area contributed by atoms with Crippen LogP contribution in [0.2, 0.25) is 17.1 Å². The number of alkyl halides is 1. The average molecular weight is 438 g/mol. The van der Waals surface area contributed by atoms with Crippen LogP contribution in [-0.4, -0.2) is 11.6 Å². The van der Waals surface area contributed by atoms with Crippen LogP contribution >= 0.6 is 22.6 Å². The van der Waals surface area contributed by atoms with Crippen molar-refractivity contribution in [2.45, 2.75) is 68.6 Å². The number of halogens is 1. The standard InChI is InChI=1S/C21H31ISi/c1-15(2)23(16(3)4,18(6)22)12-11-19-8-10-20-13-17(5)7-9-21(20)14-19/h7-10,13-16,18H,11-12H2,1-6H3. The van der Waals surface area contributed by atoms with E-state index in [4.69, 9.17) is 0 Å². The second-order valence-electron chi connectivity index (χ2n) is 7.72. The average Bonchev–Trinajstić information content (AvgIpc) is 2.46. The van der Waals surface area contributed by atoms with E-state index in [0.29, 0.717) is 0 Å². The van der Waals surface area contributed by atoms with Crippen LogP contribution in [0.4, 0.5) is 0 Å². The highest BCUT2D eigenvalue weighted by Gasteiger charge is 2.42. The Morgan fingerprint density at radius 3 is 2.00 bits per heavy atom. The molecule has 0 radical (unpaired) electrons. The highest BCUT2D eigenvalue weighted by Crippen LogP contribution is 2.42. The van der Waals surface area contributed by atoms with Gasteiger partial charge >= 0.3 is 0 Å². The Bertz CT molecular complexity index is 636. The molecular weight excluding hydrogens is 407 g/mol. The van der Waals surface area contributed by atoms with Crippen molar-refractivity contribution in [2.24, 2.45) is 0 Å². The largest absolute Gasteiger partial charge is 0.0863 e. The van der Waals surface area contributed by atoms with E-state index in [-0.39, 0.29) is 0 Å². The summed E-state index contributed by atoms with van der Waals surface area (Å²) < 4.78 is 0.822. The van der Waals surface area contributed by atoms with Crippen LogP contribution in [0.5, 0.6) is 0 Å². The van der Waals surface area contributed by atoms with E-state index in [1.165, 1.54) is 34.4 Å². The predicted molar refractivity (Wildman–Crippen MR) is 117 cm³/mol. The molecule has 2 heteroatoms. The predicted octanol–water partition coefficient (Wildman–Crippen LogP) is 7.32. The fourth-order valence-electron chi connectivity index (χ4n) is 4.29. The molecule has 0 N–H and O–H groups in total. The normalized spacial score (nSPS) is 14.0. The summed E-state index contributed by atoms with van der Waals surface area (Å²) in [4.78, 5) is 0. The van der Waals surface area contributed by atoms with E-state index >= 15 is 0 Å². The van der Waals surface area contributed by atoms with Gasteiger partial charge in [0.05, 0.1) is 8.07 Å². The first-order valence-electron chi connectivity index (χ1n) is 8.90. The molecule has 0 aromatic heterocycles. The van der Waals surface area contributed by atoms with Crippen molar-refractivity contribution in [1.82, 2.24) is 0 Å². The zero-order chi connectivity index (χ0) is 17.2. The fraction of sp³-hybridized carbons (Fsp3) is 0.524. The van der Waals surface area contributed by atoms with Gasteiger partial charge < -0.3 is 0 Å². The van der Waals surface area contributed by atoms with E-state index in [1.807, 2.05) is 0 Å². The number of rotatable bonds is 6. The second-order valence-corrected chi connectivity index (χ2v) is 16.7. The van der Waals surface area contributed by atoms with Gasteiger partial charge in [-0.1, -0.05) is 105 Å². The summed E-state index contributed by atoms with van der Waals surface area (Å²) in [6, 6.07) is 15.2. The Morgan fingerprint density at radius 2 is 1.43 bits per heavy atom. The summed E-state index contributed by atoms with van der Waals surface area (Å²) in [6.45, 7) is 14.5. The van der Waals surface area contributed by atoms with Crippen molar-refractivity contribution in [3.63, 3.8) is 0 Å². The topological polar surface area (TPSA) is 0 Å². The lowest BCUT2D eigenvalue weighted by atomic mass is 10.0. The van der Waals surface area contributed by atoms with Crippen molar-refractivity contribution >= 4 is 41.4 Å². The van der Waals surface area contributed by atoms with E-state index < -0.39 is 8.07 Å². The Balaban J connectivity index is 2.25. The lowest BCUT2D eigenvalue weighted by Crippen LogP contribution is -2.49. The van der Waals surface area contributed by atoms with Gasteiger partial charge in [-0.2, -0.15) is 0 Å². The van der Waals surface area contributed by atoms with Crippen LogP contribution in [0.3, 0.4) is 0 Å². The molecule has 0 aliphatic carbocycles. The molecule has 0 saturated carbocycles. The van der Waals surface area contributed by atoms with Crippen LogP contribution in [0.15, 0.2) is 36.4 Å². The SMILES string of the molecule is Cc1ccc2cc(CC[Si](C(C)C)(C(C)C)C(C)I)ccc2c1. The van der Waals surface area contributed by atoms with Gasteiger partial charge in [0.1, 0.15) is 0 Å². The fourth-order valence-corrected chi connectivity index (χ4v) is 15.0. The molecule has 0 aliphatic heterocycles. The number of hydrogen-bond acceptors (Lipinski definition) is 0. The van der Waals surface area contributed by atoms with Crippen LogP contribution in [0.25, 0.3) is 10.8 Å². The number of fused-ring (bicyclic) bond motifs is 1. The molecule has 0 aliphatic rings. The number of hydrogen-bond donors (Lipinski definition) is 0. The van der Waals surface area contributed by atoms with Gasteiger partial charge in [-0.05, 0) is 40.8 Å². The summed E-state index contributed by atoms with van der Waals surface area (Å²) >= 11 is 2.71. The van der Waals surface area contributed by atoms with E-state index in [9.17, 15) is 0 Å². The van der Waals surface area contributed by atoms with Gasteiger partial charge in [-0.3, -0.25) is 0 Å². The van der Waals surface area contributed by atoms with Gasteiger partial charge in [-0.15, -0.1) is 0 Å². The molecule has 0 amide bonds. The van der Waals surface area contributed by atoms with E-state index in [0.717, 1.165) is 14.6 Å². The number of benzene rings is 2. The first kappa shape index (κ1) is 19.0. The molecule has 1 atom stereocenters. The Kier molecular flexibility index (Phi) is 6.34. The van der Waals surface area contributed by atoms with Gasteiger partial charge in [0.2, 0.25) is 0 Å². The maximum absolute atomic E-state index is 2.71. The Labute approximate surface area is 157 Å². The highest BCUT2D eigenvalue weighted by molar-refractivity contribution is 14.1. The zero-order valence-electron chi connectivity index (χ0n) is 15.5. The molecule has 0 heterocycles. The first-order valence-corrected chi connectivity index (χ1v) is 12.6. The maximum atomic E-state index is 2.71. The second kappa shape index (κ2) is 7.69. The molecule has 0 saturated heterocycles. The molecule has 23 heavy (non-hydrogen) atoms. The third kappa shape index (κ3) is 4.01. The molecule has 2 aromatic rings. The quantitative estimate of drug-likeness (QED) is 0.252. The summed E-state index contributed by atoms with van der Waals surface area (Å²) in [6.07, 6.45) is 1.24. The molecule has 0 bridgehead atoms. The monoisotopic (exact) mass is 438 g/mol. The van der Waals surface area contributed by atoms with Crippen LogP contribution < -0.4 is 0 Å². The van der Waals surface area contributed by atoms with Gasteiger partial charge in [0.25, 0.3) is 0 Å². The molecular formula is C21H31ISi. The third-order valence-electron chi connectivity index (χ3n) is 5.80. The van der Waals surface area contributed by atoms with Crippen molar-refractivity contribution in [2.75, 3.05) is 0 Å². The molecule has 0 nitrogen and oxygen atoms in total. The summed E-state index contributed by atoms with van der Waals surface area (Å²) in [5.74, 6) is 0. The Morgan fingerprint density at radius 1 is 0.870 bits per heavy atom. The van der Waals surface area contributed by atoms with Gasteiger partial charge in [0.15, 0.2) is 0 Å². The lowest BCUT2D eigenvalue weighted by Gasteiger charge is -2.42. The van der Waals surface area contributed by atoms with Crippen LogP contribution in [-0.2, 0) is 6.42 Å². The minimum atomic E-state index is -1.30. The summed E-state index contributed by atoms with van der Waals surface area (Å²) in [7, 11) is -1.30. The highest BCUT2D eigenvalue weighted by atomic mass is 127. The van der Waals surface area contributed by atoms with Crippen LogP contribution in [0, 0.1) is 6.92 Å². The zero-order valence-corrected chi connectivity index (χ0v) is 18.6. The molecule has 2 aromatic carbocycles. The van der Waals surface area contributed by atoms with Gasteiger partial charge in [-0.25, -0.2) is 0 Å². The number of aryl methyl sites for hydroxylation is 2. The third-order valence-corrected chi connectivity index (χ3v) is 16.2.